The molecule has 31 heavy (non-hydrogen) atoms. The molecule has 0 saturated carbocycles. The zero-order chi connectivity index (χ0) is 22.3. The summed E-state index contributed by atoms with van der Waals surface area (Å²) in [5.74, 6) is -4.45. The Bertz CT molecular complexity index is 1010. The predicted molar refractivity (Wildman–Crippen MR) is 113 cm³/mol. The van der Waals surface area contributed by atoms with E-state index in [4.69, 9.17) is 0 Å². The number of hydrogen-bond donors (Lipinski definition) is 3. The number of likely N-dealkylation sites (tertiary alicyclic amines) is 1. The lowest BCUT2D eigenvalue weighted by Gasteiger charge is -2.29. The number of hydrogen-bond acceptors (Lipinski definition) is 6. The predicted octanol–water partition coefficient (Wildman–Crippen LogP) is 1.01. The van der Waals surface area contributed by atoms with E-state index < -0.39 is 47.8 Å². The molecule has 8 heteroatoms. The van der Waals surface area contributed by atoms with Crippen LogP contribution >= 0.6 is 0 Å². The number of carbonyl (C=O) groups is 3. The average Bonchev–Trinajstić information content (AvgIpc) is 3.25. The van der Waals surface area contributed by atoms with Crippen LogP contribution in [-0.4, -0.2) is 59.1 Å². The second-order valence-electron chi connectivity index (χ2n) is 8.29. The number of aliphatic carboxylic acids is 1. The molecule has 2 saturated heterocycles. The second-order valence-corrected chi connectivity index (χ2v) is 8.29. The van der Waals surface area contributed by atoms with E-state index in [1.165, 1.54) is 0 Å². The van der Waals surface area contributed by atoms with E-state index in [1.54, 1.807) is 12.1 Å². The minimum atomic E-state index is -1.92. The van der Waals surface area contributed by atoms with Crippen LogP contribution in [0, 0.1) is 11.8 Å². The van der Waals surface area contributed by atoms with Gasteiger partial charge >= 0.3 is 5.97 Å². The van der Waals surface area contributed by atoms with Crippen LogP contribution in [0.5, 0.6) is 0 Å². The molecule has 2 fully saturated rings. The summed E-state index contributed by atoms with van der Waals surface area (Å²) in [5, 5.41) is 23.0. The lowest BCUT2D eigenvalue weighted by molar-refractivity contribution is -0.153. The van der Waals surface area contributed by atoms with Crippen LogP contribution in [0.2, 0.25) is 0 Å². The first-order valence-corrected chi connectivity index (χ1v) is 10.1. The molecule has 0 bridgehead atoms. The van der Waals surface area contributed by atoms with E-state index in [1.807, 2.05) is 61.5 Å². The third-order valence-electron chi connectivity index (χ3n) is 6.33. The van der Waals surface area contributed by atoms with Crippen LogP contribution in [0.25, 0.3) is 0 Å². The van der Waals surface area contributed by atoms with Crippen molar-refractivity contribution in [1.82, 2.24) is 10.2 Å². The molecule has 2 amide bonds. The van der Waals surface area contributed by atoms with Crippen LogP contribution in [0.3, 0.4) is 0 Å². The van der Waals surface area contributed by atoms with E-state index in [0.29, 0.717) is 5.56 Å². The molecular weight excluding hydrogens is 398 g/mol. The first kappa shape index (κ1) is 21.0. The first-order valence-electron chi connectivity index (χ1n) is 10.1. The molecule has 162 valence electrons. The zero-order valence-corrected chi connectivity index (χ0v) is 17.4. The van der Waals surface area contributed by atoms with Crippen LogP contribution in [0.1, 0.15) is 17.2 Å². The summed E-state index contributed by atoms with van der Waals surface area (Å²) in [4.78, 5) is 41.9. The highest BCUT2D eigenvalue weighted by molar-refractivity contribution is 6.09. The summed E-state index contributed by atoms with van der Waals surface area (Å²) in [6.07, 6.45) is 0. The van der Waals surface area contributed by atoms with Crippen molar-refractivity contribution in [1.29, 1.82) is 0 Å². The lowest BCUT2D eigenvalue weighted by atomic mass is 9.79. The smallest absolute Gasteiger partial charge is 0.327 e. The average molecular weight is 423 g/mol. The summed E-state index contributed by atoms with van der Waals surface area (Å²) in [7, 11) is 3.81. The Morgan fingerprint density at radius 3 is 2.26 bits per heavy atom. The second kappa shape index (κ2) is 7.79. The molecule has 4 atom stereocenters. The van der Waals surface area contributed by atoms with Gasteiger partial charge in [-0.3, -0.25) is 24.6 Å². The monoisotopic (exact) mass is 423 g/mol. The zero-order valence-electron chi connectivity index (χ0n) is 17.4. The van der Waals surface area contributed by atoms with Gasteiger partial charge in [-0.15, -0.1) is 0 Å². The minimum Gasteiger partial charge on any atom is -0.480 e. The molecule has 4 unspecified atom stereocenters. The number of nitrogens with one attached hydrogen (secondary N) is 1. The van der Waals surface area contributed by atoms with Crippen molar-refractivity contribution in [2.24, 2.45) is 11.8 Å². The van der Waals surface area contributed by atoms with Crippen LogP contribution in [0.4, 0.5) is 5.69 Å². The normalized spacial score (nSPS) is 27.5. The van der Waals surface area contributed by atoms with E-state index >= 15 is 0 Å². The maximum atomic E-state index is 13.4. The number of rotatable bonds is 6. The highest BCUT2D eigenvalue weighted by atomic mass is 16.4. The van der Waals surface area contributed by atoms with Crippen molar-refractivity contribution in [3.8, 4) is 0 Å². The Hall–Kier alpha value is -3.23. The number of carboxylic acid groups (broad SMARTS) is 1. The van der Waals surface area contributed by atoms with Crippen molar-refractivity contribution in [2.45, 2.75) is 18.1 Å². The number of aliphatic hydroxyl groups excluding tert-OH is 1. The van der Waals surface area contributed by atoms with Gasteiger partial charge in [0.15, 0.2) is 5.54 Å². The topological polar surface area (TPSA) is 110 Å². The van der Waals surface area contributed by atoms with Crippen molar-refractivity contribution in [3.05, 3.63) is 65.7 Å². The molecule has 4 rings (SSSR count). The fourth-order valence-corrected chi connectivity index (χ4v) is 4.66. The number of nitrogens with zero attached hydrogens (tertiary/aromatic N) is 2. The number of amides is 2. The molecule has 2 aromatic rings. The number of fused-ring (bicyclic) bond motifs is 1. The summed E-state index contributed by atoms with van der Waals surface area (Å²) in [6.45, 7) is -0.729. The fraction of sp³-hybridized carbons (Fsp3) is 0.348. The van der Waals surface area contributed by atoms with Gasteiger partial charge in [0.2, 0.25) is 11.8 Å². The van der Waals surface area contributed by atoms with Crippen molar-refractivity contribution in [3.63, 3.8) is 0 Å². The summed E-state index contributed by atoms with van der Waals surface area (Å²) in [5.41, 5.74) is 0.492. The number of benzene rings is 2. The third-order valence-corrected chi connectivity index (χ3v) is 6.33. The van der Waals surface area contributed by atoms with Gasteiger partial charge in [0.25, 0.3) is 0 Å². The van der Waals surface area contributed by atoms with Crippen LogP contribution < -0.4 is 10.2 Å². The van der Waals surface area contributed by atoms with Gasteiger partial charge in [0, 0.05) is 25.8 Å². The van der Waals surface area contributed by atoms with E-state index in [-0.39, 0.29) is 6.54 Å². The van der Waals surface area contributed by atoms with Crippen LogP contribution in [0.15, 0.2) is 54.6 Å². The van der Waals surface area contributed by atoms with E-state index in [9.17, 15) is 24.6 Å². The largest absolute Gasteiger partial charge is 0.480 e. The number of carboxylic acids is 1. The van der Waals surface area contributed by atoms with Crippen LogP contribution in [-0.2, 0) is 20.9 Å². The van der Waals surface area contributed by atoms with Gasteiger partial charge in [-0.05, 0) is 23.3 Å². The molecule has 2 aliphatic heterocycles. The van der Waals surface area contributed by atoms with Gasteiger partial charge in [-0.1, -0.05) is 42.5 Å². The first-order chi connectivity index (χ1) is 14.8. The number of imide groups is 1. The summed E-state index contributed by atoms with van der Waals surface area (Å²) in [6, 6.07) is 15.7. The van der Waals surface area contributed by atoms with Gasteiger partial charge in [-0.2, -0.15) is 0 Å². The molecule has 2 heterocycles. The molecule has 2 aromatic carbocycles. The molecule has 3 N–H and O–H groups in total. The quantitative estimate of drug-likeness (QED) is 0.595. The number of aliphatic hydroxyl groups is 1. The molecule has 0 spiro atoms. The minimum absolute atomic E-state index is 0.0684. The Morgan fingerprint density at radius 1 is 1.06 bits per heavy atom. The lowest BCUT2D eigenvalue weighted by Crippen LogP contribution is -2.58. The Labute approximate surface area is 180 Å². The molecule has 0 aromatic heterocycles. The Balaban J connectivity index is 1.74. The standard InChI is InChI=1S/C23H25N3O5/c1-25(2)16-10-8-15(9-11-16)19-17-18(23(13-27,24-19)22(30)31)21(29)26(20(17)28)12-14-6-4-3-5-7-14/h3-11,17-19,24,27H,12-13H2,1-2H3,(H,30,31). The maximum absolute atomic E-state index is 13.4. The maximum Gasteiger partial charge on any atom is 0.327 e. The molecule has 0 aliphatic carbocycles. The number of carbonyl (C=O) groups excluding carboxylic acids is 2. The Morgan fingerprint density at radius 2 is 1.71 bits per heavy atom. The van der Waals surface area contributed by atoms with Crippen molar-refractivity contribution >= 4 is 23.5 Å². The van der Waals surface area contributed by atoms with E-state index in [2.05, 4.69) is 5.32 Å². The summed E-state index contributed by atoms with van der Waals surface area (Å²) >= 11 is 0. The molecule has 0 radical (unpaired) electrons. The van der Waals surface area contributed by atoms with Crippen molar-refractivity contribution < 1.29 is 24.6 Å². The SMILES string of the molecule is CN(C)c1ccc(C2NC(CO)(C(=O)O)C3C(=O)N(Cc4ccccc4)C(=O)C23)cc1. The third kappa shape index (κ3) is 3.28. The fourth-order valence-electron chi connectivity index (χ4n) is 4.66. The highest BCUT2D eigenvalue weighted by Gasteiger charge is 2.68. The highest BCUT2D eigenvalue weighted by Crippen LogP contribution is 2.49. The van der Waals surface area contributed by atoms with Gasteiger partial charge in [0.05, 0.1) is 25.0 Å². The van der Waals surface area contributed by atoms with Gasteiger partial charge in [-0.25, -0.2) is 0 Å². The Kier molecular flexibility index (Phi) is 5.28. The van der Waals surface area contributed by atoms with E-state index in [0.717, 1.165) is 16.2 Å². The van der Waals surface area contributed by atoms with Gasteiger partial charge in [0.1, 0.15) is 0 Å². The molecule has 2 aliphatic rings. The van der Waals surface area contributed by atoms with Crippen molar-refractivity contribution in [2.75, 3.05) is 25.6 Å². The summed E-state index contributed by atoms with van der Waals surface area (Å²) < 4.78 is 0. The van der Waals surface area contributed by atoms with Gasteiger partial charge < -0.3 is 15.1 Å². The molecule has 8 nitrogen and oxygen atoms in total. The molecular formula is C23H25N3O5. The number of anilines is 1.